The zero-order valence-corrected chi connectivity index (χ0v) is 16.7. The number of carbonyl (C=O) groups excluding carboxylic acids is 1. The van der Waals surface area contributed by atoms with E-state index in [9.17, 15) is 22.4 Å². The van der Waals surface area contributed by atoms with Crippen molar-refractivity contribution in [1.82, 2.24) is 29.6 Å². The quantitative estimate of drug-likeness (QED) is 0.561. The van der Waals surface area contributed by atoms with Gasteiger partial charge >= 0.3 is 6.18 Å². The molecule has 0 aliphatic carbocycles. The van der Waals surface area contributed by atoms with Gasteiger partial charge in [-0.25, -0.2) is 14.4 Å². The van der Waals surface area contributed by atoms with Crippen LogP contribution in [0.3, 0.4) is 0 Å². The van der Waals surface area contributed by atoms with E-state index in [2.05, 4.69) is 20.2 Å². The van der Waals surface area contributed by atoms with Crippen LogP contribution >= 0.6 is 0 Å². The SMILES string of the molecule is Cc1c(C(=O)N2[C@H]3COC[C@@H]2c2nnc(-c4ncc(F)cn4)n2C3)cccc1C(F)(F)F. The van der Waals surface area contributed by atoms with E-state index in [1.807, 2.05) is 0 Å². The number of hydrogen-bond acceptors (Lipinski definition) is 6. The fourth-order valence-electron chi connectivity index (χ4n) is 4.24. The lowest BCUT2D eigenvalue weighted by Crippen LogP contribution is -2.56. The van der Waals surface area contributed by atoms with Crippen molar-refractivity contribution < 1.29 is 27.1 Å². The largest absolute Gasteiger partial charge is 0.416 e. The van der Waals surface area contributed by atoms with Crippen LogP contribution in [0, 0.1) is 12.7 Å². The highest BCUT2D eigenvalue weighted by Crippen LogP contribution is 2.37. The third-order valence-electron chi connectivity index (χ3n) is 5.71. The van der Waals surface area contributed by atoms with Crippen LogP contribution in [0.15, 0.2) is 30.6 Å². The van der Waals surface area contributed by atoms with Gasteiger partial charge in [-0.15, -0.1) is 10.2 Å². The molecule has 4 heterocycles. The first-order valence-corrected chi connectivity index (χ1v) is 9.74. The molecule has 166 valence electrons. The molecule has 1 amide bonds. The summed E-state index contributed by atoms with van der Waals surface area (Å²) in [7, 11) is 0. The minimum absolute atomic E-state index is 0.0215. The number of carbonyl (C=O) groups is 1. The van der Waals surface area contributed by atoms with Gasteiger partial charge in [0, 0.05) is 12.1 Å². The molecule has 2 atom stereocenters. The number of ether oxygens (including phenoxy) is 1. The van der Waals surface area contributed by atoms with Crippen LogP contribution in [0.5, 0.6) is 0 Å². The number of aromatic nitrogens is 5. The van der Waals surface area contributed by atoms with E-state index in [1.165, 1.54) is 24.0 Å². The molecule has 2 bridgehead atoms. The molecule has 2 aliphatic heterocycles. The van der Waals surface area contributed by atoms with Crippen LogP contribution in [0.1, 0.15) is 33.4 Å². The first kappa shape index (κ1) is 20.5. The molecular weight excluding hydrogens is 432 g/mol. The Labute approximate surface area is 178 Å². The summed E-state index contributed by atoms with van der Waals surface area (Å²) in [5.41, 5.74) is -0.996. The molecular formula is C20H16F4N6O2. The van der Waals surface area contributed by atoms with Gasteiger partial charge in [-0.05, 0) is 24.6 Å². The molecule has 1 saturated heterocycles. The lowest BCUT2D eigenvalue weighted by Gasteiger charge is -2.45. The Morgan fingerprint density at radius 2 is 1.91 bits per heavy atom. The fourth-order valence-corrected chi connectivity index (χ4v) is 4.24. The topological polar surface area (TPSA) is 86.0 Å². The van der Waals surface area contributed by atoms with E-state index in [0.717, 1.165) is 18.5 Å². The summed E-state index contributed by atoms with van der Waals surface area (Å²) >= 11 is 0. The Bertz CT molecular complexity index is 1190. The predicted octanol–water partition coefficient (Wildman–Crippen LogP) is 2.80. The van der Waals surface area contributed by atoms with Crippen molar-refractivity contribution in [2.24, 2.45) is 0 Å². The minimum atomic E-state index is -4.56. The fraction of sp³-hybridized carbons (Fsp3) is 0.350. The number of morpholine rings is 1. The number of hydrogen-bond donors (Lipinski definition) is 0. The Morgan fingerprint density at radius 3 is 2.62 bits per heavy atom. The maximum atomic E-state index is 13.4. The van der Waals surface area contributed by atoms with E-state index in [-0.39, 0.29) is 36.7 Å². The van der Waals surface area contributed by atoms with Gasteiger partial charge in [-0.3, -0.25) is 4.79 Å². The van der Waals surface area contributed by atoms with Crippen LogP contribution in [-0.4, -0.2) is 54.8 Å². The van der Waals surface area contributed by atoms with Crippen LogP contribution in [0.4, 0.5) is 17.6 Å². The molecule has 5 rings (SSSR count). The van der Waals surface area contributed by atoms with Crippen molar-refractivity contribution in [3.05, 3.63) is 58.9 Å². The highest BCUT2D eigenvalue weighted by molar-refractivity contribution is 5.96. The normalized spacial score (nSPS) is 20.2. The predicted molar refractivity (Wildman–Crippen MR) is 101 cm³/mol. The summed E-state index contributed by atoms with van der Waals surface area (Å²) in [6.45, 7) is 1.83. The second kappa shape index (κ2) is 7.33. The third kappa shape index (κ3) is 3.22. The molecule has 0 saturated carbocycles. The maximum Gasteiger partial charge on any atom is 0.416 e. The van der Waals surface area contributed by atoms with E-state index in [4.69, 9.17) is 4.74 Å². The second-order valence-corrected chi connectivity index (χ2v) is 7.61. The monoisotopic (exact) mass is 448 g/mol. The molecule has 3 aromatic rings. The second-order valence-electron chi connectivity index (χ2n) is 7.61. The van der Waals surface area contributed by atoms with Crippen molar-refractivity contribution in [1.29, 1.82) is 0 Å². The van der Waals surface area contributed by atoms with Crippen LogP contribution in [0.2, 0.25) is 0 Å². The number of benzene rings is 1. The first-order chi connectivity index (χ1) is 15.3. The molecule has 1 fully saturated rings. The Balaban J connectivity index is 1.54. The smallest absolute Gasteiger partial charge is 0.377 e. The molecule has 0 spiro atoms. The van der Waals surface area contributed by atoms with Crippen LogP contribution < -0.4 is 0 Å². The molecule has 2 aliphatic rings. The number of fused-ring (bicyclic) bond motifs is 4. The van der Waals surface area contributed by atoms with Crippen molar-refractivity contribution in [3.8, 4) is 11.6 Å². The van der Waals surface area contributed by atoms with Gasteiger partial charge in [0.25, 0.3) is 5.91 Å². The maximum absolute atomic E-state index is 13.4. The molecule has 2 aromatic heterocycles. The van der Waals surface area contributed by atoms with E-state index in [0.29, 0.717) is 11.6 Å². The summed E-state index contributed by atoms with van der Waals surface area (Å²) in [5.74, 6) is -0.217. The Hall–Kier alpha value is -3.41. The summed E-state index contributed by atoms with van der Waals surface area (Å²) in [6, 6.07) is 2.47. The summed E-state index contributed by atoms with van der Waals surface area (Å²) in [5, 5.41) is 8.28. The molecule has 0 unspecified atom stereocenters. The van der Waals surface area contributed by atoms with Crippen LogP contribution in [0.25, 0.3) is 11.6 Å². The summed E-state index contributed by atoms with van der Waals surface area (Å²) in [4.78, 5) is 22.8. The van der Waals surface area contributed by atoms with Gasteiger partial charge in [-0.2, -0.15) is 13.2 Å². The molecule has 0 radical (unpaired) electrons. The van der Waals surface area contributed by atoms with E-state index >= 15 is 0 Å². The van der Waals surface area contributed by atoms with Gasteiger partial charge in [0.15, 0.2) is 17.5 Å². The molecule has 8 nitrogen and oxygen atoms in total. The zero-order valence-electron chi connectivity index (χ0n) is 16.7. The zero-order chi connectivity index (χ0) is 22.6. The number of alkyl halides is 3. The lowest BCUT2D eigenvalue weighted by molar-refractivity contribution is -0.138. The van der Waals surface area contributed by atoms with Crippen molar-refractivity contribution in [3.63, 3.8) is 0 Å². The average molecular weight is 448 g/mol. The summed E-state index contributed by atoms with van der Waals surface area (Å²) in [6.07, 6.45) is -2.53. The lowest BCUT2D eigenvalue weighted by atomic mass is 9.97. The molecule has 12 heteroatoms. The van der Waals surface area contributed by atoms with Gasteiger partial charge in [0.05, 0.1) is 37.2 Å². The molecule has 1 aromatic carbocycles. The van der Waals surface area contributed by atoms with Crippen LogP contribution in [-0.2, 0) is 17.5 Å². The first-order valence-electron chi connectivity index (χ1n) is 9.74. The molecule has 32 heavy (non-hydrogen) atoms. The Morgan fingerprint density at radius 1 is 1.16 bits per heavy atom. The van der Waals surface area contributed by atoms with E-state index < -0.39 is 35.5 Å². The number of nitrogens with zero attached hydrogens (tertiary/aromatic N) is 6. The highest BCUT2D eigenvalue weighted by Gasteiger charge is 2.45. The summed E-state index contributed by atoms with van der Waals surface area (Å²) < 4.78 is 60.6. The van der Waals surface area contributed by atoms with Gasteiger partial charge in [0.1, 0.15) is 6.04 Å². The van der Waals surface area contributed by atoms with Gasteiger partial charge < -0.3 is 14.2 Å². The number of amides is 1. The van der Waals surface area contributed by atoms with Gasteiger partial charge in [-0.1, -0.05) is 6.07 Å². The van der Waals surface area contributed by atoms with E-state index in [1.54, 1.807) is 4.57 Å². The average Bonchev–Trinajstić information content (AvgIpc) is 3.16. The minimum Gasteiger partial charge on any atom is -0.377 e. The van der Waals surface area contributed by atoms with Crippen molar-refractivity contribution in [2.75, 3.05) is 13.2 Å². The van der Waals surface area contributed by atoms with Crippen molar-refractivity contribution >= 4 is 5.91 Å². The third-order valence-corrected chi connectivity index (χ3v) is 5.71. The van der Waals surface area contributed by atoms with Gasteiger partial charge in [0.2, 0.25) is 5.82 Å². The number of rotatable bonds is 2. The highest BCUT2D eigenvalue weighted by atomic mass is 19.4. The van der Waals surface area contributed by atoms with Crippen molar-refractivity contribution in [2.45, 2.75) is 31.7 Å². The number of halogens is 4. The standard InChI is InChI=1S/C20H16F4N6O2/c1-10-13(3-2-4-14(10)20(22,23)24)19(31)30-12-7-29-17(15(30)9-32-8-12)27-28-18(29)16-25-5-11(21)6-26-16/h2-6,12,15H,7-9H2,1H3/t12-,15-/m1/s1. The molecule has 0 N–H and O–H groups in total. The Kier molecular flexibility index (Phi) is 4.69.